The summed E-state index contributed by atoms with van der Waals surface area (Å²) in [5.41, 5.74) is 2.07. The first-order chi connectivity index (χ1) is 9.31. The van der Waals surface area contributed by atoms with Crippen LogP contribution in [0.2, 0.25) is 5.02 Å². The second kappa shape index (κ2) is 7.19. The second-order valence-electron chi connectivity index (χ2n) is 4.50. The Morgan fingerprint density at radius 1 is 1.21 bits per heavy atom. The molecule has 1 aromatic heterocycles. The SMILES string of the molecule is O=[C]OCCCCCCc1coc2cc(Cl)ccc12. The molecule has 0 saturated carbocycles. The van der Waals surface area contributed by atoms with E-state index in [4.69, 9.17) is 16.0 Å². The minimum atomic E-state index is 0.469. The normalized spacial score (nSPS) is 10.8. The minimum absolute atomic E-state index is 0.469. The molecule has 1 aromatic carbocycles. The summed E-state index contributed by atoms with van der Waals surface area (Å²) >= 11 is 5.92. The fourth-order valence-electron chi connectivity index (χ4n) is 2.14. The van der Waals surface area contributed by atoms with Crippen molar-refractivity contribution in [2.45, 2.75) is 32.1 Å². The molecule has 0 atom stereocenters. The maximum absolute atomic E-state index is 9.83. The van der Waals surface area contributed by atoms with Gasteiger partial charge in [0.15, 0.2) is 0 Å². The van der Waals surface area contributed by atoms with Crippen molar-refractivity contribution in [3.05, 3.63) is 35.0 Å². The monoisotopic (exact) mass is 279 g/mol. The lowest BCUT2D eigenvalue weighted by atomic mass is 10.1. The highest BCUT2D eigenvalue weighted by atomic mass is 35.5. The lowest BCUT2D eigenvalue weighted by Crippen LogP contribution is -1.92. The molecule has 0 fully saturated rings. The number of aryl methyl sites for hydroxylation is 1. The molecule has 0 unspecified atom stereocenters. The number of rotatable bonds is 8. The molecule has 2 aromatic rings. The number of carbonyl (C=O) groups excluding carboxylic acids is 1. The van der Waals surface area contributed by atoms with Gasteiger partial charge >= 0.3 is 6.47 Å². The zero-order chi connectivity index (χ0) is 13.5. The molecule has 19 heavy (non-hydrogen) atoms. The predicted molar refractivity (Wildman–Crippen MR) is 75.0 cm³/mol. The Morgan fingerprint density at radius 2 is 2.05 bits per heavy atom. The van der Waals surface area contributed by atoms with Gasteiger partial charge in [0.2, 0.25) is 0 Å². The number of hydrogen-bond donors (Lipinski definition) is 0. The van der Waals surface area contributed by atoms with Crippen LogP contribution < -0.4 is 0 Å². The maximum atomic E-state index is 9.83. The number of unbranched alkanes of at least 4 members (excludes halogenated alkanes) is 3. The fraction of sp³-hybridized carbons (Fsp3) is 0.400. The smallest absolute Gasteiger partial charge is 0.417 e. The van der Waals surface area contributed by atoms with Gasteiger partial charge in [0.1, 0.15) is 5.58 Å². The molecule has 0 spiro atoms. The lowest BCUT2D eigenvalue weighted by molar-refractivity contribution is 0.269. The number of halogens is 1. The highest BCUT2D eigenvalue weighted by Gasteiger charge is 2.05. The average molecular weight is 280 g/mol. The summed E-state index contributed by atoms with van der Waals surface area (Å²) in [5.74, 6) is 0. The Labute approximate surface area is 117 Å². The van der Waals surface area contributed by atoms with Crippen LogP contribution in [-0.4, -0.2) is 13.1 Å². The van der Waals surface area contributed by atoms with Crippen LogP contribution in [0.25, 0.3) is 11.0 Å². The van der Waals surface area contributed by atoms with Crippen molar-refractivity contribution in [1.82, 2.24) is 0 Å². The zero-order valence-corrected chi connectivity index (χ0v) is 11.4. The molecule has 0 bridgehead atoms. The van der Waals surface area contributed by atoms with Crippen molar-refractivity contribution in [2.24, 2.45) is 0 Å². The summed E-state index contributed by atoms with van der Waals surface area (Å²) in [6.45, 7) is 1.90. The molecule has 0 amide bonds. The van der Waals surface area contributed by atoms with Gasteiger partial charge in [0.25, 0.3) is 0 Å². The van der Waals surface area contributed by atoms with Crippen LogP contribution in [0.3, 0.4) is 0 Å². The molecule has 2 rings (SSSR count). The number of ether oxygens (including phenoxy) is 1. The van der Waals surface area contributed by atoms with Gasteiger partial charge in [-0.3, -0.25) is 0 Å². The molecule has 0 aliphatic rings. The Kier molecular flexibility index (Phi) is 5.28. The van der Waals surface area contributed by atoms with Gasteiger partial charge in [-0.1, -0.05) is 24.4 Å². The van der Waals surface area contributed by atoms with Crippen LogP contribution in [0.1, 0.15) is 31.2 Å². The topological polar surface area (TPSA) is 39.4 Å². The summed E-state index contributed by atoms with van der Waals surface area (Å²) < 4.78 is 10.0. The largest absolute Gasteiger partial charge is 0.464 e. The van der Waals surface area contributed by atoms with Crippen LogP contribution in [0.15, 0.2) is 28.9 Å². The zero-order valence-electron chi connectivity index (χ0n) is 10.7. The molecule has 1 heterocycles. The van der Waals surface area contributed by atoms with Crippen molar-refractivity contribution < 1.29 is 13.9 Å². The summed E-state index contributed by atoms with van der Waals surface area (Å²) in [5, 5.41) is 1.84. The van der Waals surface area contributed by atoms with Crippen molar-refractivity contribution in [3.63, 3.8) is 0 Å². The molecule has 0 N–H and O–H groups in total. The molecular weight excluding hydrogens is 264 g/mol. The highest BCUT2D eigenvalue weighted by molar-refractivity contribution is 6.31. The van der Waals surface area contributed by atoms with E-state index in [-0.39, 0.29) is 0 Å². The van der Waals surface area contributed by atoms with Crippen LogP contribution in [0.4, 0.5) is 0 Å². The molecule has 3 nitrogen and oxygen atoms in total. The first-order valence-electron chi connectivity index (χ1n) is 6.46. The van der Waals surface area contributed by atoms with Gasteiger partial charge in [-0.2, -0.15) is 0 Å². The Hall–Kier alpha value is -1.48. The molecule has 0 saturated heterocycles. The fourth-order valence-corrected chi connectivity index (χ4v) is 2.30. The first kappa shape index (κ1) is 13.9. The van der Waals surface area contributed by atoms with E-state index in [0.29, 0.717) is 11.6 Å². The van der Waals surface area contributed by atoms with E-state index in [1.165, 1.54) is 12.0 Å². The van der Waals surface area contributed by atoms with Gasteiger partial charge < -0.3 is 9.15 Å². The summed E-state index contributed by atoms with van der Waals surface area (Å²) in [6.07, 6.45) is 6.98. The standard InChI is InChI=1S/C15H16ClO3/c16-13-6-7-14-12(10-19-15(14)9-13)5-3-1-2-4-8-18-11-17/h6-7,9-10H,1-5,8H2. The maximum Gasteiger partial charge on any atom is 0.417 e. The van der Waals surface area contributed by atoms with Crippen molar-refractivity contribution in [3.8, 4) is 0 Å². The first-order valence-corrected chi connectivity index (χ1v) is 6.83. The Balaban J connectivity index is 1.77. The van der Waals surface area contributed by atoms with Gasteiger partial charge in [0, 0.05) is 10.4 Å². The summed E-state index contributed by atoms with van der Waals surface area (Å²) in [7, 11) is 0. The van der Waals surface area contributed by atoms with E-state index in [9.17, 15) is 4.79 Å². The highest BCUT2D eigenvalue weighted by Crippen LogP contribution is 2.25. The molecule has 0 aliphatic carbocycles. The second-order valence-corrected chi connectivity index (χ2v) is 4.93. The molecule has 101 valence electrons. The Morgan fingerprint density at radius 3 is 2.89 bits per heavy atom. The minimum Gasteiger partial charge on any atom is -0.464 e. The van der Waals surface area contributed by atoms with Crippen LogP contribution in [-0.2, 0) is 16.0 Å². The van der Waals surface area contributed by atoms with Crippen LogP contribution >= 0.6 is 11.6 Å². The number of benzene rings is 1. The molecule has 1 radical (unpaired) electrons. The van der Waals surface area contributed by atoms with E-state index in [0.717, 1.165) is 43.1 Å². The van der Waals surface area contributed by atoms with Gasteiger partial charge in [-0.05, 0) is 43.0 Å². The summed E-state index contributed by atoms with van der Waals surface area (Å²) in [4.78, 5) is 9.83. The van der Waals surface area contributed by atoms with E-state index < -0.39 is 0 Å². The predicted octanol–water partition coefficient (Wildman–Crippen LogP) is 4.27. The van der Waals surface area contributed by atoms with Gasteiger partial charge in [-0.15, -0.1) is 0 Å². The lowest BCUT2D eigenvalue weighted by Gasteiger charge is -2.00. The summed E-state index contributed by atoms with van der Waals surface area (Å²) in [6, 6.07) is 5.73. The number of furan rings is 1. The number of hydrogen-bond acceptors (Lipinski definition) is 3. The van der Waals surface area contributed by atoms with E-state index in [1.54, 1.807) is 0 Å². The quantitative estimate of drug-likeness (QED) is 0.677. The Bertz CT molecular complexity index is 533. The number of fused-ring (bicyclic) bond motifs is 1. The van der Waals surface area contributed by atoms with Crippen molar-refractivity contribution in [1.29, 1.82) is 0 Å². The third-order valence-electron chi connectivity index (χ3n) is 3.12. The third-order valence-corrected chi connectivity index (χ3v) is 3.35. The van der Waals surface area contributed by atoms with Crippen molar-refractivity contribution in [2.75, 3.05) is 6.61 Å². The van der Waals surface area contributed by atoms with Gasteiger partial charge in [0.05, 0.1) is 12.9 Å². The van der Waals surface area contributed by atoms with E-state index >= 15 is 0 Å². The molecule has 0 aliphatic heterocycles. The van der Waals surface area contributed by atoms with E-state index in [1.807, 2.05) is 24.5 Å². The average Bonchev–Trinajstić information content (AvgIpc) is 2.80. The third kappa shape index (κ3) is 4.00. The van der Waals surface area contributed by atoms with Crippen LogP contribution in [0, 0.1) is 0 Å². The van der Waals surface area contributed by atoms with Gasteiger partial charge in [-0.25, -0.2) is 4.79 Å². The van der Waals surface area contributed by atoms with Crippen molar-refractivity contribution >= 4 is 29.0 Å². The molecule has 4 heteroatoms. The molecular formula is C15H16ClO3. The van der Waals surface area contributed by atoms with Crippen LogP contribution in [0.5, 0.6) is 0 Å². The van der Waals surface area contributed by atoms with E-state index in [2.05, 4.69) is 4.74 Å².